The van der Waals surface area contributed by atoms with Crippen molar-refractivity contribution in [2.24, 2.45) is 11.8 Å². The van der Waals surface area contributed by atoms with Crippen LogP contribution in [0.3, 0.4) is 0 Å². The van der Waals surface area contributed by atoms with Crippen LogP contribution >= 0.6 is 0 Å². The lowest BCUT2D eigenvalue weighted by atomic mass is 9.84. The third-order valence-corrected chi connectivity index (χ3v) is 4.41. The van der Waals surface area contributed by atoms with Crippen molar-refractivity contribution in [3.63, 3.8) is 0 Å². The standard InChI is InChI=1S/C22H34N2O3/c1-7-8-11-27-19-9-10-20(18(12-19)15-23)24-21(25)22(26-6,13-16(2)3)14-17(4)5/h9-10,12,16-17H,7-8,11,13-14H2,1-6H3,(H,24,25). The minimum atomic E-state index is -0.911. The summed E-state index contributed by atoms with van der Waals surface area (Å²) in [5.41, 5.74) is -0.0403. The van der Waals surface area contributed by atoms with Crippen molar-refractivity contribution in [2.75, 3.05) is 19.0 Å². The van der Waals surface area contributed by atoms with Gasteiger partial charge in [0.2, 0.25) is 0 Å². The van der Waals surface area contributed by atoms with Crippen molar-refractivity contribution in [2.45, 2.75) is 65.9 Å². The van der Waals surface area contributed by atoms with Crippen LogP contribution in [0.4, 0.5) is 5.69 Å². The molecule has 27 heavy (non-hydrogen) atoms. The van der Waals surface area contributed by atoms with Crippen LogP contribution in [0.1, 0.15) is 65.9 Å². The number of benzene rings is 1. The molecular formula is C22H34N2O3. The first kappa shape index (κ1) is 23.0. The second-order valence-corrected chi connectivity index (χ2v) is 7.87. The number of carbonyl (C=O) groups is 1. The van der Waals surface area contributed by atoms with Crippen LogP contribution in [-0.2, 0) is 9.53 Å². The van der Waals surface area contributed by atoms with Crippen molar-refractivity contribution in [1.29, 1.82) is 5.26 Å². The Morgan fingerprint density at radius 1 is 1.22 bits per heavy atom. The predicted molar refractivity (Wildman–Crippen MR) is 109 cm³/mol. The average molecular weight is 375 g/mol. The predicted octanol–water partition coefficient (Wildman–Crippen LogP) is 5.15. The number of unbranched alkanes of at least 4 members (excludes halogenated alkanes) is 1. The number of carbonyl (C=O) groups excluding carboxylic acids is 1. The van der Waals surface area contributed by atoms with Gasteiger partial charge in [0, 0.05) is 7.11 Å². The van der Waals surface area contributed by atoms with E-state index in [0.29, 0.717) is 48.3 Å². The largest absolute Gasteiger partial charge is 0.494 e. The molecular weight excluding hydrogens is 340 g/mol. The SMILES string of the molecule is CCCCOc1ccc(NC(=O)C(CC(C)C)(CC(C)C)OC)c(C#N)c1. The average Bonchev–Trinajstić information content (AvgIpc) is 2.61. The zero-order valence-electron chi connectivity index (χ0n) is 17.6. The lowest BCUT2D eigenvalue weighted by Gasteiger charge is -2.34. The van der Waals surface area contributed by atoms with E-state index < -0.39 is 5.60 Å². The molecule has 0 aliphatic carbocycles. The highest BCUT2D eigenvalue weighted by Gasteiger charge is 2.40. The summed E-state index contributed by atoms with van der Waals surface area (Å²) in [6, 6.07) is 7.33. The molecule has 1 N–H and O–H groups in total. The number of nitriles is 1. The van der Waals surface area contributed by atoms with E-state index in [1.54, 1.807) is 25.3 Å². The Balaban J connectivity index is 3.05. The number of nitrogens with one attached hydrogen (secondary N) is 1. The molecule has 1 aromatic carbocycles. The zero-order chi connectivity index (χ0) is 20.4. The fourth-order valence-electron chi connectivity index (χ4n) is 3.23. The summed E-state index contributed by atoms with van der Waals surface area (Å²) in [7, 11) is 1.58. The highest BCUT2D eigenvalue weighted by Crippen LogP contribution is 2.31. The van der Waals surface area contributed by atoms with Gasteiger partial charge in [-0.05, 0) is 49.3 Å². The summed E-state index contributed by atoms with van der Waals surface area (Å²) in [4.78, 5) is 13.1. The van der Waals surface area contributed by atoms with Gasteiger partial charge in [0.05, 0.1) is 17.9 Å². The number of hydrogen-bond acceptors (Lipinski definition) is 4. The maximum atomic E-state index is 13.1. The molecule has 1 rings (SSSR count). The van der Waals surface area contributed by atoms with Crippen LogP contribution in [-0.4, -0.2) is 25.2 Å². The molecule has 0 heterocycles. The fraction of sp³-hybridized carbons (Fsp3) is 0.636. The molecule has 0 radical (unpaired) electrons. The molecule has 0 aromatic heterocycles. The van der Waals surface area contributed by atoms with Crippen LogP contribution in [0.15, 0.2) is 18.2 Å². The third-order valence-electron chi connectivity index (χ3n) is 4.41. The quantitative estimate of drug-likeness (QED) is 0.544. The Hall–Kier alpha value is -2.06. The molecule has 5 nitrogen and oxygen atoms in total. The second kappa shape index (κ2) is 10.9. The lowest BCUT2D eigenvalue weighted by Crippen LogP contribution is -2.47. The van der Waals surface area contributed by atoms with Crippen LogP contribution < -0.4 is 10.1 Å². The second-order valence-electron chi connectivity index (χ2n) is 7.87. The Bertz CT molecular complexity index is 637. The fourth-order valence-corrected chi connectivity index (χ4v) is 3.23. The van der Waals surface area contributed by atoms with Crippen molar-refractivity contribution < 1.29 is 14.3 Å². The van der Waals surface area contributed by atoms with Crippen molar-refractivity contribution in [1.82, 2.24) is 0 Å². The Labute approximate surface area is 164 Å². The van der Waals surface area contributed by atoms with E-state index in [1.165, 1.54) is 0 Å². The molecule has 0 fully saturated rings. The molecule has 150 valence electrons. The van der Waals surface area contributed by atoms with Crippen LogP contribution in [0.5, 0.6) is 5.75 Å². The first-order chi connectivity index (χ1) is 12.8. The maximum absolute atomic E-state index is 13.1. The van der Waals surface area contributed by atoms with Gasteiger partial charge < -0.3 is 14.8 Å². The molecule has 0 spiro atoms. The van der Waals surface area contributed by atoms with Crippen molar-refractivity contribution in [3.8, 4) is 11.8 Å². The summed E-state index contributed by atoms with van der Waals surface area (Å²) < 4.78 is 11.4. The van der Waals surface area contributed by atoms with E-state index in [0.717, 1.165) is 12.8 Å². The Kier molecular flexibility index (Phi) is 9.31. The van der Waals surface area contributed by atoms with Gasteiger partial charge in [0.25, 0.3) is 5.91 Å². The van der Waals surface area contributed by atoms with Gasteiger partial charge in [0.15, 0.2) is 0 Å². The molecule has 1 aromatic rings. The van der Waals surface area contributed by atoms with Crippen LogP contribution in [0, 0.1) is 23.2 Å². The molecule has 0 aliphatic rings. The van der Waals surface area contributed by atoms with Gasteiger partial charge in [0.1, 0.15) is 17.4 Å². The van der Waals surface area contributed by atoms with Gasteiger partial charge >= 0.3 is 0 Å². The lowest BCUT2D eigenvalue weighted by molar-refractivity contribution is -0.142. The number of ether oxygens (including phenoxy) is 2. The highest BCUT2D eigenvalue weighted by atomic mass is 16.5. The molecule has 1 amide bonds. The van der Waals surface area contributed by atoms with E-state index in [4.69, 9.17) is 9.47 Å². The summed E-state index contributed by atoms with van der Waals surface area (Å²) >= 11 is 0. The normalized spacial score (nSPS) is 11.5. The maximum Gasteiger partial charge on any atom is 0.256 e. The minimum Gasteiger partial charge on any atom is -0.494 e. The van der Waals surface area contributed by atoms with Crippen LogP contribution in [0.2, 0.25) is 0 Å². The van der Waals surface area contributed by atoms with E-state index in [-0.39, 0.29) is 5.91 Å². The van der Waals surface area contributed by atoms with Gasteiger partial charge in [-0.25, -0.2) is 0 Å². The minimum absolute atomic E-state index is 0.205. The highest BCUT2D eigenvalue weighted by molar-refractivity contribution is 5.98. The van der Waals surface area contributed by atoms with Gasteiger partial charge in [-0.3, -0.25) is 4.79 Å². The molecule has 5 heteroatoms. The van der Waals surface area contributed by atoms with E-state index >= 15 is 0 Å². The summed E-state index contributed by atoms with van der Waals surface area (Å²) in [5.74, 6) is 1.04. The van der Waals surface area contributed by atoms with E-state index in [2.05, 4.69) is 46.0 Å². The molecule has 0 saturated carbocycles. The summed E-state index contributed by atoms with van der Waals surface area (Å²) in [5, 5.41) is 12.4. The number of methoxy groups -OCH3 is 1. The first-order valence-corrected chi connectivity index (χ1v) is 9.81. The number of amides is 1. The summed E-state index contributed by atoms with van der Waals surface area (Å²) in [6.07, 6.45) is 3.24. The number of anilines is 1. The Morgan fingerprint density at radius 3 is 2.33 bits per heavy atom. The van der Waals surface area contributed by atoms with Gasteiger partial charge in [-0.15, -0.1) is 0 Å². The van der Waals surface area contributed by atoms with E-state index in [1.807, 2.05) is 0 Å². The number of rotatable bonds is 11. The molecule has 0 atom stereocenters. The molecule has 0 bridgehead atoms. The van der Waals surface area contributed by atoms with E-state index in [9.17, 15) is 10.1 Å². The molecule has 0 aliphatic heterocycles. The number of nitrogens with zero attached hydrogens (tertiary/aromatic N) is 1. The van der Waals surface area contributed by atoms with Crippen LogP contribution in [0.25, 0.3) is 0 Å². The molecule has 0 unspecified atom stereocenters. The first-order valence-electron chi connectivity index (χ1n) is 9.81. The van der Waals surface area contributed by atoms with Gasteiger partial charge in [-0.1, -0.05) is 41.0 Å². The zero-order valence-corrected chi connectivity index (χ0v) is 17.6. The smallest absolute Gasteiger partial charge is 0.256 e. The van der Waals surface area contributed by atoms with Crippen molar-refractivity contribution >= 4 is 11.6 Å². The monoisotopic (exact) mass is 374 g/mol. The summed E-state index contributed by atoms with van der Waals surface area (Å²) in [6.45, 7) is 11.0. The molecule has 0 saturated heterocycles. The van der Waals surface area contributed by atoms with Crippen molar-refractivity contribution in [3.05, 3.63) is 23.8 Å². The Morgan fingerprint density at radius 2 is 1.85 bits per heavy atom. The topological polar surface area (TPSA) is 71.3 Å². The number of hydrogen-bond donors (Lipinski definition) is 1. The van der Waals surface area contributed by atoms with Gasteiger partial charge in [-0.2, -0.15) is 5.26 Å². The third kappa shape index (κ3) is 6.88.